The Labute approximate surface area is 764 Å². The van der Waals surface area contributed by atoms with Crippen LogP contribution < -0.4 is 0 Å². The number of phenolic OH excluding ortho intramolecular Hbond substituents is 3. The van der Waals surface area contributed by atoms with Crippen molar-refractivity contribution in [2.75, 3.05) is 0 Å². The molecule has 0 aromatic heterocycles. The molecule has 5 aromatic rings. The first-order chi connectivity index (χ1) is 61.6. The molecule has 25 nitrogen and oxygen atoms in total. The van der Waals surface area contributed by atoms with Crippen LogP contribution in [0.4, 0.5) is 13.2 Å². The van der Waals surface area contributed by atoms with Gasteiger partial charge in [0.05, 0.1) is 35.5 Å². The summed E-state index contributed by atoms with van der Waals surface area (Å²) in [6.45, 7) is 33.0. The molecule has 21 atom stereocenters. The van der Waals surface area contributed by atoms with Gasteiger partial charge in [-0.25, -0.2) is 24.0 Å². The Hall–Kier alpha value is -10.0. The van der Waals surface area contributed by atoms with Gasteiger partial charge in [-0.3, -0.25) is 19.2 Å². The third-order valence-corrected chi connectivity index (χ3v) is 24.9. The van der Waals surface area contributed by atoms with E-state index in [2.05, 4.69) is 13.0 Å². The van der Waals surface area contributed by atoms with E-state index in [-0.39, 0.29) is 130 Å². The lowest BCUT2D eigenvalue weighted by Gasteiger charge is -2.25. The smallest absolute Gasteiger partial charge is 0.449 e. The molecular weight excluding hydrogens is 1690 g/mol. The molecule has 7 heterocycles. The van der Waals surface area contributed by atoms with E-state index in [1.165, 1.54) is 31.2 Å². The highest BCUT2D eigenvalue weighted by atomic mass is 19.4. The lowest BCUT2D eigenvalue weighted by atomic mass is 9.93. The normalized spacial score (nSPS) is 31.8. The Balaban J connectivity index is 0.000000164. The number of hydrogen-bond donors (Lipinski definition) is 5. The number of benzene rings is 5. The van der Waals surface area contributed by atoms with Gasteiger partial charge in [0.25, 0.3) is 0 Å². The summed E-state index contributed by atoms with van der Waals surface area (Å²) in [5.74, 6) is -6.02. The fourth-order valence-corrected chi connectivity index (χ4v) is 18.6. The van der Waals surface area contributed by atoms with Crippen LogP contribution in [0.2, 0.25) is 0 Å². The van der Waals surface area contributed by atoms with E-state index < -0.39 is 120 Å². The number of alkyl halides is 3. The summed E-state index contributed by atoms with van der Waals surface area (Å²) in [6.07, 6.45) is 7.52. The number of aliphatic hydroxyl groups is 2. The number of ketones is 4. The molecule has 4 saturated carbocycles. The molecule has 710 valence electrons. The standard InChI is InChI=1S/C30H34O7.C24H30O5.C23H28O6.C20H24O6.C4H5F3O.C2H6/c1-17-13-22-21-15-20(21)16-25-27(37-30(3,4)36-25)24(35-28(32)19-10-6-5-7-11-19)12-8-9-18(2)34-29(33)26(22)23(31)14-17;1-13-9-14(2)21-18(10-13)17-11-16(17)12-20-22(29-24(4,5)28-20)19(25)8-6-7-15(3)27-23(21)26;1-12-8-16-15-10-14(15)11-19-21(29-23(3,4)28-19)17(24)7-5-6-13(2)27-22(26)20(16)18(25)9-12;1-10-6-14-13-8-12(13)9-17(23)19(24)15(21)5-3-4-11(2)26-20(25)18(14)16(22)7-10;1-2-3(8)4(5,6)7;1-2/h5-8,10-14,18,20-21,24-25,27,31H,9,15-16H2,1-4H3;6,8-10,15-17,20,22H,7,11-12H2,1-5H3;5,7-9,13-15,19,21,25H,6,10-11H2,1-4H3;3,5-7,11-13,17,19,22-24H,4,8-9H2,1-2H3;2H2,1H3;1-2H3/b12-8-;8-6-;7-5-;5-3-;;/t18-,20?,21?,24?,25-,27+;15-,16?,17?,20-,22+;13-,14?,15?,19-,21+;11-,12?,13?,17-,19+;;/m0000../s1. The van der Waals surface area contributed by atoms with Crippen molar-refractivity contribution in [2.24, 2.45) is 23.7 Å². The molecule has 28 heteroatoms. The second-order valence-corrected chi connectivity index (χ2v) is 37.6. The van der Waals surface area contributed by atoms with Crippen molar-refractivity contribution in [1.29, 1.82) is 0 Å². The molecule has 7 aliphatic heterocycles. The summed E-state index contributed by atoms with van der Waals surface area (Å²) in [4.78, 5) is 111. The van der Waals surface area contributed by atoms with Gasteiger partial charge in [-0.1, -0.05) is 99.2 Å². The van der Waals surface area contributed by atoms with E-state index >= 15 is 0 Å². The Morgan fingerprint density at radius 1 is 0.435 bits per heavy atom. The highest BCUT2D eigenvalue weighted by molar-refractivity contribution is 5.98. The van der Waals surface area contributed by atoms with Crippen LogP contribution in [0.1, 0.15) is 299 Å². The Kier molecular flexibility index (Phi) is 32.9. The summed E-state index contributed by atoms with van der Waals surface area (Å²) in [7, 11) is 0. The van der Waals surface area contributed by atoms with Crippen LogP contribution in [0.5, 0.6) is 17.2 Å². The first-order valence-corrected chi connectivity index (χ1v) is 45.7. The minimum atomic E-state index is -4.63. The van der Waals surface area contributed by atoms with E-state index in [0.29, 0.717) is 61.1 Å². The summed E-state index contributed by atoms with van der Waals surface area (Å²) in [5, 5.41) is 51.6. The minimum Gasteiger partial charge on any atom is -0.507 e. The van der Waals surface area contributed by atoms with Crippen molar-refractivity contribution in [3.63, 3.8) is 0 Å². The second-order valence-electron chi connectivity index (χ2n) is 37.6. The molecule has 0 spiro atoms. The zero-order valence-electron chi connectivity index (χ0n) is 78.0. The SMILES string of the molecule is CC.CCC(=O)C(F)(F)F.Cc1cc(C)c2c(c1)C1CC1C[C@@H]1OC(C)(C)O[C@@H]1C(=O)/C=C\C[C@H](C)OC2=O.Cc1cc(O)c2c(c1)C1CC1C[C@@H]1OC(C)(C)O[C@@H]1C(=O)/C=C\C[C@H](C)OC2=O.Cc1cc(O)c2c(c1)C1CC1C[C@@H]1OC(C)(C)O[C@@H]1C(OC(=O)c1ccccc1)/C=C\C[C@H](C)OC2=O.Cc1cc(O)c2c(c1)C1CC1C[C@H](O)[C@H](O)C(=O)/C=C\C[C@H](C)OC2=O. The number of phenols is 3. The van der Waals surface area contributed by atoms with Crippen LogP contribution in [0, 0.1) is 58.3 Å². The van der Waals surface area contributed by atoms with Gasteiger partial charge in [0.1, 0.15) is 88.9 Å². The van der Waals surface area contributed by atoms with Gasteiger partial charge < -0.3 is 77.6 Å². The number of aromatic hydroxyl groups is 3. The molecule has 5 N–H and O–H groups in total. The number of rotatable bonds is 3. The summed E-state index contributed by atoms with van der Waals surface area (Å²) in [5.41, 5.74) is 9.95. The predicted octanol–water partition coefficient (Wildman–Crippen LogP) is 18.2. The first kappa shape index (κ1) is 101. The third-order valence-electron chi connectivity index (χ3n) is 24.9. The van der Waals surface area contributed by atoms with Gasteiger partial charge in [0.15, 0.2) is 34.7 Å². The maximum atomic E-state index is 13.1. The number of aliphatic hydroxyl groups excluding tert-OH is 2. The Morgan fingerprint density at radius 2 is 0.771 bits per heavy atom. The minimum absolute atomic E-state index is 0.0194. The van der Waals surface area contributed by atoms with E-state index in [0.717, 1.165) is 70.2 Å². The van der Waals surface area contributed by atoms with Crippen molar-refractivity contribution in [3.8, 4) is 17.2 Å². The number of Topliss-reactive ketones (excluding diaryl/α,β-unsaturated/α-hetero) is 1. The van der Waals surface area contributed by atoms with Gasteiger partial charge in [0.2, 0.25) is 5.78 Å². The predicted molar refractivity (Wildman–Crippen MR) is 478 cm³/mol. The second kappa shape index (κ2) is 42.5. The molecule has 4 aliphatic carbocycles. The van der Waals surface area contributed by atoms with Crippen LogP contribution in [-0.4, -0.2) is 181 Å². The highest BCUT2D eigenvalue weighted by Gasteiger charge is 2.55. The van der Waals surface area contributed by atoms with Crippen molar-refractivity contribution >= 4 is 53.0 Å². The lowest BCUT2D eigenvalue weighted by Crippen LogP contribution is -2.38. The van der Waals surface area contributed by atoms with Gasteiger partial charge in [-0.2, -0.15) is 13.2 Å². The molecule has 9 unspecified atom stereocenters. The topological polar surface area (TPSA) is 356 Å². The van der Waals surface area contributed by atoms with E-state index in [9.17, 15) is 81.9 Å². The number of cyclic esters (lactones) is 4. The molecule has 0 amide bonds. The van der Waals surface area contributed by atoms with Gasteiger partial charge in [-0.05, 0) is 302 Å². The number of aryl methyl sites for hydroxylation is 5. The Bertz CT molecular complexity index is 5010. The molecule has 0 bridgehead atoms. The van der Waals surface area contributed by atoms with Crippen LogP contribution in [0.25, 0.3) is 0 Å². The molecule has 5 aromatic carbocycles. The third kappa shape index (κ3) is 26.3. The van der Waals surface area contributed by atoms with Gasteiger partial charge in [0, 0.05) is 32.1 Å². The molecule has 11 aliphatic rings. The molecule has 0 radical (unpaired) electrons. The zero-order valence-corrected chi connectivity index (χ0v) is 78.0. The molecule has 131 heavy (non-hydrogen) atoms. The fraction of sp³-hybridized carbons (Fsp3) is 0.544. The van der Waals surface area contributed by atoms with E-state index in [4.69, 9.17) is 52.1 Å². The van der Waals surface area contributed by atoms with Gasteiger partial charge >= 0.3 is 36.0 Å². The van der Waals surface area contributed by atoms with Crippen LogP contribution in [-0.2, 0) is 71.3 Å². The van der Waals surface area contributed by atoms with Crippen molar-refractivity contribution in [3.05, 3.63) is 205 Å². The van der Waals surface area contributed by atoms with Crippen molar-refractivity contribution in [1.82, 2.24) is 0 Å². The zero-order chi connectivity index (χ0) is 96.0. The maximum absolute atomic E-state index is 13.1. The van der Waals surface area contributed by atoms with Crippen LogP contribution >= 0.6 is 0 Å². The maximum Gasteiger partial charge on any atom is 0.449 e. The summed E-state index contributed by atoms with van der Waals surface area (Å²) < 4.78 is 98.2. The number of ether oxygens (including phenoxy) is 11. The number of esters is 5. The van der Waals surface area contributed by atoms with Gasteiger partial charge in [-0.15, -0.1) is 0 Å². The number of halogens is 3. The largest absolute Gasteiger partial charge is 0.507 e. The average Bonchev–Trinajstić information content (AvgIpc) is 1.64. The monoisotopic (exact) mass is 1820 g/mol. The first-order valence-electron chi connectivity index (χ1n) is 45.7. The lowest BCUT2D eigenvalue weighted by molar-refractivity contribution is -0.170. The quantitative estimate of drug-likeness (QED) is 0.0636. The fourth-order valence-electron chi connectivity index (χ4n) is 18.6. The van der Waals surface area contributed by atoms with Crippen LogP contribution in [0.3, 0.4) is 0 Å². The van der Waals surface area contributed by atoms with Crippen molar-refractivity contribution < 1.29 is 134 Å². The van der Waals surface area contributed by atoms with Crippen LogP contribution in [0.15, 0.2) is 127 Å². The summed E-state index contributed by atoms with van der Waals surface area (Å²) in [6, 6.07) is 23.5. The Morgan fingerprint density at radius 3 is 1.15 bits per heavy atom. The molecule has 3 saturated heterocycles. The highest BCUT2D eigenvalue weighted by Crippen LogP contribution is 2.58. The number of hydrogen-bond acceptors (Lipinski definition) is 25. The van der Waals surface area contributed by atoms with E-state index in [1.807, 2.05) is 126 Å². The molecular formula is C103H127F3O25. The average molecular weight is 1820 g/mol. The number of fused-ring (bicyclic) bond motifs is 15. The summed E-state index contributed by atoms with van der Waals surface area (Å²) >= 11 is 0. The number of carbonyl (C=O) groups is 9. The van der Waals surface area contributed by atoms with Crippen molar-refractivity contribution in [2.45, 2.75) is 335 Å². The molecule has 7 fully saturated rings. The molecule has 16 rings (SSSR count). The number of carbonyl (C=O) groups excluding carboxylic acids is 9. The van der Waals surface area contributed by atoms with E-state index in [1.54, 1.807) is 81.5 Å².